The maximum atomic E-state index is 13.1. The van der Waals surface area contributed by atoms with Gasteiger partial charge in [-0.1, -0.05) is 28.1 Å². The van der Waals surface area contributed by atoms with Gasteiger partial charge in [-0.2, -0.15) is 0 Å². The van der Waals surface area contributed by atoms with Gasteiger partial charge in [0.15, 0.2) is 0 Å². The van der Waals surface area contributed by atoms with Crippen molar-refractivity contribution in [3.63, 3.8) is 0 Å². The normalized spacial score (nSPS) is 11.1. The molecule has 0 fully saturated rings. The highest BCUT2D eigenvalue weighted by Crippen LogP contribution is 2.28. The van der Waals surface area contributed by atoms with Crippen LogP contribution in [0.3, 0.4) is 0 Å². The number of rotatable bonds is 1. The van der Waals surface area contributed by atoms with E-state index in [1.165, 1.54) is 12.1 Å². The van der Waals surface area contributed by atoms with Gasteiger partial charge in [0, 0.05) is 10.0 Å². The summed E-state index contributed by atoms with van der Waals surface area (Å²) >= 11 is 3.50. The van der Waals surface area contributed by atoms with Gasteiger partial charge in [-0.3, -0.25) is 0 Å². The van der Waals surface area contributed by atoms with Crippen molar-refractivity contribution in [1.82, 2.24) is 9.97 Å². The Labute approximate surface area is 112 Å². The molecule has 1 aromatic heterocycles. The molecule has 0 bridgehead atoms. The summed E-state index contributed by atoms with van der Waals surface area (Å²) in [6.07, 6.45) is 0. The molecule has 0 saturated heterocycles. The van der Waals surface area contributed by atoms with Crippen molar-refractivity contribution in [2.24, 2.45) is 0 Å². The highest BCUT2D eigenvalue weighted by Gasteiger charge is 2.09. The predicted octanol–water partition coefficient (Wildman–Crippen LogP) is 4.44. The number of H-pyrrole nitrogens is 1. The molecule has 0 aliphatic rings. The second-order valence-electron chi connectivity index (χ2n) is 4.16. The second-order valence-corrected chi connectivity index (χ2v) is 5.01. The first-order valence-electron chi connectivity index (χ1n) is 5.56. The molecule has 0 unspecified atom stereocenters. The van der Waals surface area contributed by atoms with Gasteiger partial charge in [0.1, 0.15) is 11.6 Å². The second kappa shape index (κ2) is 4.21. The predicted molar refractivity (Wildman–Crippen MR) is 73.9 cm³/mol. The van der Waals surface area contributed by atoms with Crippen LogP contribution in [0.2, 0.25) is 0 Å². The molecule has 0 amide bonds. The van der Waals surface area contributed by atoms with Crippen LogP contribution < -0.4 is 0 Å². The van der Waals surface area contributed by atoms with Crippen LogP contribution in [0.1, 0.15) is 5.56 Å². The van der Waals surface area contributed by atoms with E-state index in [4.69, 9.17) is 0 Å². The number of fused-ring (bicyclic) bond motifs is 1. The zero-order valence-electron chi connectivity index (χ0n) is 9.67. The van der Waals surface area contributed by atoms with E-state index in [1.807, 2.05) is 25.1 Å². The van der Waals surface area contributed by atoms with Crippen LogP contribution in [0, 0.1) is 12.7 Å². The number of benzene rings is 2. The first kappa shape index (κ1) is 11.4. The van der Waals surface area contributed by atoms with Crippen molar-refractivity contribution in [2.75, 3.05) is 0 Å². The first-order chi connectivity index (χ1) is 8.65. The number of halogens is 2. The first-order valence-corrected chi connectivity index (χ1v) is 6.35. The Morgan fingerprint density at radius 1 is 1.22 bits per heavy atom. The van der Waals surface area contributed by atoms with Crippen LogP contribution in [-0.2, 0) is 0 Å². The lowest BCUT2D eigenvalue weighted by molar-refractivity contribution is 0.629. The van der Waals surface area contributed by atoms with E-state index in [0.717, 1.165) is 26.9 Å². The fourth-order valence-electron chi connectivity index (χ4n) is 1.97. The lowest BCUT2D eigenvalue weighted by Crippen LogP contribution is -1.86. The summed E-state index contributed by atoms with van der Waals surface area (Å²) in [4.78, 5) is 7.63. The molecule has 2 aromatic carbocycles. The summed E-state index contributed by atoms with van der Waals surface area (Å²) in [6.45, 7) is 2.02. The van der Waals surface area contributed by atoms with Crippen molar-refractivity contribution < 1.29 is 4.39 Å². The van der Waals surface area contributed by atoms with Gasteiger partial charge in [-0.05, 0) is 36.8 Å². The molecule has 2 nitrogen and oxygen atoms in total. The SMILES string of the molecule is Cc1c(Br)cccc1-c1nc2ccc(F)cc2[nH]1. The fraction of sp³-hybridized carbons (Fsp3) is 0.0714. The van der Waals surface area contributed by atoms with E-state index < -0.39 is 0 Å². The third kappa shape index (κ3) is 1.82. The molecular weight excluding hydrogens is 295 g/mol. The van der Waals surface area contributed by atoms with Crippen LogP contribution in [-0.4, -0.2) is 9.97 Å². The zero-order valence-corrected chi connectivity index (χ0v) is 11.3. The average Bonchev–Trinajstić information content (AvgIpc) is 2.75. The number of imidazole rings is 1. The number of nitrogens with one attached hydrogen (secondary N) is 1. The summed E-state index contributed by atoms with van der Waals surface area (Å²) in [5.41, 5.74) is 3.60. The van der Waals surface area contributed by atoms with Gasteiger partial charge in [-0.25, -0.2) is 9.37 Å². The topological polar surface area (TPSA) is 28.7 Å². The van der Waals surface area contributed by atoms with Crippen molar-refractivity contribution in [3.8, 4) is 11.4 Å². The van der Waals surface area contributed by atoms with E-state index in [2.05, 4.69) is 25.9 Å². The minimum absolute atomic E-state index is 0.260. The number of aromatic amines is 1. The van der Waals surface area contributed by atoms with Crippen LogP contribution in [0.15, 0.2) is 40.9 Å². The number of hydrogen-bond acceptors (Lipinski definition) is 1. The largest absolute Gasteiger partial charge is 0.338 e. The standard InChI is InChI=1S/C14H10BrFN2/c1-8-10(3-2-4-11(8)15)14-17-12-6-5-9(16)7-13(12)18-14/h2-7H,1H3,(H,17,18). The number of aromatic nitrogens is 2. The lowest BCUT2D eigenvalue weighted by Gasteiger charge is -2.03. The van der Waals surface area contributed by atoms with Crippen LogP contribution >= 0.6 is 15.9 Å². The molecule has 0 aliphatic carbocycles. The van der Waals surface area contributed by atoms with E-state index >= 15 is 0 Å². The molecular formula is C14H10BrFN2. The summed E-state index contributed by atoms with van der Waals surface area (Å²) in [7, 11) is 0. The zero-order chi connectivity index (χ0) is 12.7. The molecule has 4 heteroatoms. The third-order valence-corrected chi connectivity index (χ3v) is 3.83. The average molecular weight is 305 g/mol. The number of hydrogen-bond donors (Lipinski definition) is 1. The highest BCUT2D eigenvalue weighted by atomic mass is 79.9. The Kier molecular flexibility index (Phi) is 2.67. The van der Waals surface area contributed by atoms with Crippen LogP contribution in [0.5, 0.6) is 0 Å². The number of nitrogens with zero attached hydrogens (tertiary/aromatic N) is 1. The molecule has 3 rings (SSSR count). The summed E-state index contributed by atoms with van der Waals surface area (Å²) in [5.74, 6) is 0.498. The molecule has 18 heavy (non-hydrogen) atoms. The summed E-state index contributed by atoms with van der Waals surface area (Å²) in [6, 6.07) is 10.5. The maximum Gasteiger partial charge on any atom is 0.138 e. The van der Waals surface area contributed by atoms with Gasteiger partial charge >= 0.3 is 0 Å². The fourth-order valence-corrected chi connectivity index (χ4v) is 2.34. The van der Waals surface area contributed by atoms with Crippen LogP contribution in [0.4, 0.5) is 4.39 Å². The van der Waals surface area contributed by atoms with Crippen molar-refractivity contribution in [2.45, 2.75) is 6.92 Å². The molecule has 90 valence electrons. The van der Waals surface area contributed by atoms with Gasteiger partial charge in [0.25, 0.3) is 0 Å². The quantitative estimate of drug-likeness (QED) is 0.707. The van der Waals surface area contributed by atoms with Crippen molar-refractivity contribution >= 4 is 27.0 Å². The third-order valence-electron chi connectivity index (χ3n) is 2.97. The van der Waals surface area contributed by atoms with Crippen molar-refractivity contribution in [1.29, 1.82) is 0 Å². The van der Waals surface area contributed by atoms with E-state index in [0.29, 0.717) is 5.52 Å². The Morgan fingerprint density at radius 2 is 2.06 bits per heavy atom. The van der Waals surface area contributed by atoms with E-state index in [9.17, 15) is 4.39 Å². The molecule has 0 atom stereocenters. The lowest BCUT2D eigenvalue weighted by atomic mass is 10.1. The summed E-state index contributed by atoms with van der Waals surface area (Å²) in [5, 5.41) is 0. The Balaban J connectivity index is 2.22. The minimum Gasteiger partial charge on any atom is -0.338 e. The van der Waals surface area contributed by atoms with Gasteiger partial charge in [-0.15, -0.1) is 0 Å². The molecule has 3 aromatic rings. The Hall–Kier alpha value is -1.68. The van der Waals surface area contributed by atoms with Gasteiger partial charge < -0.3 is 4.98 Å². The maximum absolute atomic E-state index is 13.1. The molecule has 0 saturated carbocycles. The monoisotopic (exact) mass is 304 g/mol. The van der Waals surface area contributed by atoms with E-state index in [1.54, 1.807) is 6.07 Å². The van der Waals surface area contributed by atoms with E-state index in [-0.39, 0.29) is 5.82 Å². The highest BCUT2D eigenvalue weighted by molar-refractivity contribution is 9.10. The molecule has 0 spiro atoms. The Bertz CT molecular complexity index is 734. The molecule has 0 aliphatic heterocycles. The van der Waals surface area contributed by atoms with Crippen LogP contribution in [0.25, 0.3) is 22.4 Å². The Morgan fingerprint density at radius 3 is 2.89 bits per heavy atom. The van der Waals surface area contributed by atoms with Gasteiger partial charge in [0.05, 0.1) is 11.0 Å². The summed E-state index contributed by atoms with van der Waals surface area (Å²) < 4.78 is 14.2. The molecule has 1 N–H and O–H groups in total. The molecule has 0 radical (unpaired) electrons. The molecule has 1 heterocycles. The van der Waals surface area contributed by atoms with Crippen molar-refractivity contribution in [3.05, 3.63) is 52.3 Å². The smallest absolute Gasteiger partial charge is 0.138 e. The minimum atomic E-state index is -0.260. The van der Waals surface area contributed by atoms with Gasteiger partial charge in [0.2, 0.25) is 0 Å².